The van der Waals surface area contributed by atoms with Gasteiger partial charge in [-0.15, -0.1) is 0 Å². The number of nitrogens with one attached hydrogen (secondary N) is 1. The summed E-state index contributed by atoms with van der Waals surface area (Å²) in [5.41, 5.74) is 0.946. The van der Waals surface area contributed by atoms with Crippen LogP contribution in [0.4, 0.5) is 0 Å². The summed E-state index contributed by atoms with van der Waals surface area (Å²) < 4.78 is 26.0. The summed E-state index contributed by atoms with van der Waals surface area (Å²) in [6.07, 6.45) is 0. The zero-order valence-corrected chi connectivity index (χ0v) is 12.3. The van der Waals surface area contributed by atoms with E-state index < -0.39 is 22.0 Å². The second-order valence-corrected chi connectivity index (χ2v) is 7.17. The van der Waals surface area contributed by atoms with Crippen molar-refractivity contribution < 1.29 is 18.3 Å². The van der Waals surface area contributed by atoms with Crippen molar-refractivity contribution in [2.45, 2.75) is 44.0 Å². The summed E-state index contributed by atoms with van der Waals surface area (Å²) in [5.74, 6) is -1.21. The maximum atomic E-state index is 11.9. The minimum Gasteiger partial charge on any atom is -0.480 e. The van der Waals surface area contributed by atoms with Crippen LogP contribution in [-0.2, 0) is 20.2 Å². The lowest BCUT2D eigenvalue weighted by molar-refractivity contribution is -0.138. The molecule has 0 aromatic heterocycles. The number of hydrogen-bond donors (Lipinski definition) is 2. The number of carbonyl (C=O) groups is 1. The molecule has 0 aliphatic rings. The van der Waals surface area contributed by atoms with Gasteiger partial charge in [0.25, 0.3) is 0 Å². The lowest BCUT2D eigenvalue weighted by Gasteiger charge is -2.19. The Labute approximate surface area is 113 Å². The maximum absolute atomic E-state index is 11.9. The van der Waals surface area contributed by atoms with Gasteiger partial charge < -0.3 is 5.11 Å². The molecular weight excluding hydrogens is 266 g/mol. The normalized spacial score (nSPS) is 14.1. The molecule has 1 aromatic rings. The van der Waals surface area contributed by atoms with Gasteiger partial charge in [0.05, 0.1) is 4.90 Å². The number of benzene rings is 1. The first-order valence-electron chi connectivity index (χ1n) is 5.90. The van der Waals surface area contributed by atoms with Crippen molar-refractivity contribution in [2.75, 3.05) is 0 Å². The van der Waals surface area contributed by atoms with Crippen LogP contribution in [0.25, 0.3) is 0 Å². The van der Waals surface area contributed by atoms with Crippen LogP contribution in [0.2, 0.25) is 0 Å². The molecule has 0 unspecified atom stereocenters. The predicted molar refractivity (Wildman–Crippen MR) is 72.6 cm³/mol. The molecule has 0 saturated heterocycles. The topological polar surface area (TPSA) is 83.5 Å². The van der Waals surface area contributed by atoms with Gasteiger partial charge in [0.15, 0.2) is 0 Å². The van der Waals surface area contributed by atoms with E-state index in [2.05, 4.69) is 4.72 Å². The van der Waals surface area contributed by atoms with Crippen LogP contribution in [0.1, 0.15) is 33.3 Å². The Hall–Kier alpha value is -1.40. The highest BCUT2D eigenvalue weighted by atomic mass is 32.2. The first-order chi connectivity index (χ1) is 8.54. The predicted octanol–water partition coefficient (Wildman–Crippen LogP) is 1.74. The van der Waals surface area contributed by atoms with Gasteiger partial charge in [0.2, 0.25) is 10.0 Å². The highest BCUT2D eigenvalue weighted by Gasteiger charge is 2.22. The molecule has 1 aromatic carbocycles. The van der Waals surface area contributed by atoms with E-state index in [1.807, 2.05) is 20.8 Å². The van der Waals surface area contributed by atoms with Crippen LogP contribution in [0.15, 0.2) is 29.2 Å². The number of carboxylic acids is 1. The highest BCUT2D eigenvalue weighted by molar-refractivity contribution is 7.89. The Morgan fingerprint density at radius 1 is 1.21 bits per heavy atom. The van der Waals surface area contributed by atoms with E-state index in [0.29, 0.717) is 0 Å². The van der Waals surface area contributed by atoms with Crippen molar-refractivity contribution in [1.82, 2.24) is 4.72 Å². The highest BCUT2D eigenvalue weighted by Crippen LogP contribution is 2.23. The molecule has 0 bridgehead atoms. The summed E-state index contributed by atoms with van der Waals surface area (Å²) in [7, 11) is -3.80. The van der Waals surface area contributed by atoms with E-state index in [1.165, 1.54) is 19.1 Å². The largest absolute Gasteiger partial charge is 0.480 e. The third-order valence-electron chi connectivity index (χ3n) is 2.73. The first kappa shape index (κ1) is 15.7. The molecule has 5 nitrogen and oxygen atoms in total. The van der Waals surface area contributed by atoms with Crippen molar-refractivity contribution in [3.63, 3.8) is 0 Å². The second kappa shape index (κ2) is 5.30. The van der Waals surface area contributed by atoms with E-state index in [0.717, 1.165) is 5.56 Å². The molecule has 0 radical (unpaired) electrons. The lowest BCUT2D eigenvalue weighted by Crippen LogP contribution is -2.38. The molecule has 2 N–H and O–H groups in total. The van der Waals surface area contributed by atoms with Crippen LogP contribution in [0.5, 0.6) is 0 Å². The SMILES string of the molecule is C[C@H](NS(=O)(=O)c1ccc(C(C)(C)C)cc1)C(=O)O. The summed E-state index contributed by atoms with van der Waals surface area (Å²) >= 11 is 0. The number of sulfonamides is 1. The lowest BCUT2D eigenvalue weighted by atomic mass is 9.87. The molecule has 19 heavy (non-hydrogen) atoms. The molecule has 6 heteroatoms. The van der Waals surface area contributed by atoms with Crippen molar-refractivity contribution in [1.29, 1.82) is 0 Å². The molecule has 1 atom stereocenters. The molecule has 0 aliphatic carbocycles. The Morgan fingerprint density at radius 2 is 1.68 bits per heavy atom. The fourth-order valence-electron chi connectivity index (χ4n) is 1.49. The van der Waals surface area contributed by atoms with Crippen LogP contribution in [0.3, 0.4) is 0 Å². The van der Waals surface area contributed by atoms with Crippen LogP contribution in [-0.4, -0.2) is 25.5 Å². The van der Waals surface area contributed by atoms with Crippen LogP contribution < -0.4 is 4.72 Å². The first-order valence-corrected chi connectivity index (χ1v) is 7.38. The molecule has 1 rings (SSSR count). The molecular formula is C13H19NO4S. The summed E-state index contributed by atoms with van der Waals surface area (Å²) in [6, 6.07) is 5.28. The van der Waals surface area contributed by atoms with Gasteiger partial charge in [0.1, 0.15) is 6.04 Å². The van der Waals surface area contributed by atoms with Crippen LogP contribution in [0, 0.1) is 0 Å². The maximum Gasteiger partial charge on any atom is 0.321 e. The Bertz CT molecular complexity index is 555. The number of carboxylic acid groups (broad SMARTS) is 1. The van der Waals surface area contributed by atoms with Gasteiger partial charge in [0, 0.05) is 0 Å². The van der Waals surface area contributed by atoms with Gasteiger partial charge >= 0.3 is 5.97 Å². The van der Waals surface area contributed by atoms with Crippen molar-refractivity contribution in [2.24, 2.45) is 0 Å². The Balaban J connectivity index is 3.01. The molecule has 0 amide bonds. The molecule has 0 aliphatic heterocycles. The van der Waals surface area contributed by atoms with Crippen molar-refractivity contribution >= 4 is 16.0 Å². The van der Waals surface area contributed by atoms with E-state index >= 15 is 0 Å². The molecule has 106 valence electrons. The van der Waals surface area contributed by atoms with Gasteiger partial charge in [-0.05, 0) is 30.0 Å². The van der Waals surface area contributed by atoms with E-state index in [-0.39, 0.29) is 10.3 Å². The average molecular weight is 285 g/mol. The van der Waals surface area contributed by atoms with Gasteiger partial charge in [-0.2, -0.15) is 4.72 Å². The monoisotopic (exact) mass is 285 g/mol. The summed E-state index contributed by atoms with van der Waals surface area (Å²) in [6.45, 7) is 7.37. The van der Waals surface area contributed by atoms with Crippen molar-refractivity contribution in [3.8, 4) is 0 Å². The third-order valence-corrected chi connectivity index (χ3v) is 4.29. The minimum atomic E-state index is -3.80. The fraction of sp³-hybridized carbons (Fsp3) is 0.462. The third kappa shape index (κ3) is 4.04. The smallest absolute Gasteiger partial charge is 0.321 e. The zero-order valence-electron chi connectivity index (χ0n) is 11.5. The van der Waals surface area contributed by atoms with Gasteiger partial charge in [-0.3, -0.25) is 4.79 Å². The minimum absolute atomic E-state index is 0.0635. The Morgan fingerprint density at radius 3 is 2.05 bits per heavy atom. The van der Waals surface area contributed by atoms with E-state index in [1.54, 1.807) is 12.1 Å². The van der Waals surface area contributed by atoms with Crippen LogP contribution >= 0.6 is 0 Å². The van der Waals surface area contributed by atoms with Gasteiger partial charge in [-0.25, -0.2) is 8.42 Å². The second-order valence-electron chi connectivity index (χ2n) is 5.46. The number of rotatable bonds is 4. The quantitative estimate of drug-likeness (QED) is 0.882. The van der Waals surface area contributed by atoms with E-state index in [4.69, 9.17) is 5.11 Å². The number of aliphatic carboxylic acids is 1. The summed E-state index contributed by atoms with van der Waals surface area (Å²) in [4.78, 5) is 10.7. The molecule has 0 saturated carbocycles. The average Bonchev–Trinajstić information content (AvgIpc) is 2.27. The molecule has 0 fully saturated rings. The van der Waals surface area contributed by atoms with E-state index in [9.17, 15) is 13.2 Å². The number of hydrogen-bond acceptors (Lipinski definition) is 3. The fourth-order valence-corrected chi connectivity index (χ4v) is 2.68. The Kier molecular flexibility index (Phi) is 4.37. The molecule has 0 heterocycles. The molecule has 0 spiro atoms. The van der Waals surface area contributed by atoms with Crippen molar-refractivity contribution in [3.05, 3.63) is 29.8 Å². The summed E-state index contributed by atoms with van der Waals surface area (Å²) in [5, 5.41) is 8.72. The standard InChI is InChI=1S/C13H19NO4S/c1-9(12(15)16)14-19(17,18)11-7-5-10(6-8-11)13(2,3)4/h5-9,14H,1-4H3,(H,15,16)/t9-/m0/s1. The van der Waals surface area contributed by atoms with Gasteiger partial charge in [-0.1, -0.05) is 32.9 Å². The zero-order chi connectivity index (χ0) is 14.8.